The van der Waals surface area contributed by atoms with Gasteiger partial charge in [-0.2, -0.15) is 8.78 Å². The molecule has 0 saturated heterocycles. The number of carbonyl (C=O) groups is 1. The van der Waals surface area contributed by atoms with Crippen molar-refractivity contribution in [2.24, 2.45) is 0 Å². The number of hydrogen-bond acceptors (Lipinski definition) is 6. The molecule has 0 saturated carbocycles. The van der Waals surface area contributed by atoms with E-state index in [0.29, 0.717) is 27.8 Å². The number of hydrogen-bond donors (Lipinski definition) is 1. The maximum absolute atomic E-state index is 12.5. The van der Waals surface area contributed by atoms with Crippen molar-refractivity contribution >= 4 is 29.0 Å². The molecule has 3 aromatic carbocycles. The van der Waals surface area contributed by atoms with Crippen LogP contribution >= 0.6 is 11.8 Å². The van der Waals surface area contributed by atoms with E-state index in [0.717, 1.165) is 11.8 Å². The first-order valence-electron chi connectivity index (χ1n) is 10.3. The monoisotopic (exact) mass is 496 g/mol. The van der Waals surface area contributed by atoms with E-state index in [1.54, 1.807) is 47.2 Å². The Hall–Kier alpha value is -4.25. The Morgan fingerprint density at radius 3 is 2.51 bits per heavy atom. The van der Waals surface area contributed by atoms with Crippen LogP contribution in [-0.2, 0) is 4.79 Å². The van der Waals surface area contributed by atoms with Gasteiger partial charge in [0.1, 0.15) is 5.75 Å². The van der Waals surface area contributed by atoms with E-state index in [9.17, 15) is 23.7 Å². The fourth-order valence-electron chi connectivity index (χ4n) is 3.29. The van der Waals surface area contributed by atoms with E-state index in [-0.39, 0.29) is 23.1 Å². The molecule has 11 heteroatoms. The van der Waals surface area contributed by atoms with Gasteiger partial charge in [-0.25, -0.2) is 4.98 Å². The van der Waals surface area contributed by atoms with Crippen molar-refractivity contribution in [3.8, 4) is 22.7 Å². The number of aromatic nitrogens is 2. The van der Waals surface area contributed by atoms with Gasteiger partial charge in [0.25, 0.3) is 5.69 Å². The van der Waals surface area contributed by atoms with Crippen LogP contribution in [0.5, 0.6) is 5.75 Å². The topological polar surface area (TPSA) is 99.3 Å². The Morgan fingerprint density at radius 2 is 1.83 bits per heavy atom. The first-order valence-corrected chi connectivity index (χ1v) is 11.2. The number of thioether (sulfide) groups is 1. The van der Waals surface area contributed by atoms with Gasteiger partial charge in [-0.3, -0.25) is 19.5 Å². The fourth-order valence-corrected chi connectivity index (χ4v) is 4.09. The second-order valence-corrected chi connectivity index (χ2v) is 8.09. The van der Waals surface area contributed by atoms with Crippen LogP contribution in [0.4, 0.5) is 20.2 Å². The summed E-state index contributed by atoms with van der Waals surface area (Å²) in [5, 5.41) is 14.5. The molecule has 8 nitrogen and oxygen atoms in total. The van der Waals surface area contributed by atoms with Crippen LogP contribution in [0.3, 0.4) is 0 Å². The van der Waals surface area contributed by atoms with Crippen LogP contribution in [0.2, 0.25) is 0 Å². The number of para-hydroxylation sites is 1. The van der Waals surface area contributed by atoms with E-state index >= 15 is 0 Å². The highest BCUT2D eigenvalue weighted by Gasteiger charge is 2.18. The standard InChI is InChI=1S/C24H18F2N4O4S/c25-23(26)34-20-11-9-18(10-12-20)29-21(16-5-4-8-19(13-16)30(32)33)14-27-24(29)35-15-22(31)28-17-6-2-1-3-7-17/h1-14,23H,15H2,(H,28,31). The summed E-state index contributed by atoms with van der Waals surface area (Å²) in [6, 6.07) is 20.9. The Kier molecular flexibility index (Phi) is 7.36. The zero-order valence-corrected chi connectivity index (χ0v) is 18.8. The second kappa shape index (κ2) is 10.8. The van der Waals surface area contributed by atoms with Crippen molar-refractivity contribution in [1.29, 1.82) is 0 Å². The molecule has 0 atom stereocenters. The lowest BCUT2D eigenvalue weighted by Crippen LogP contribution is -2.14. The number of benzene rings is 3. The predicted octanol–water partition coefficient (Wildman–Crippen LogP) is 5.78. The van der Waals surface area contributed by atoms with Crippen LogP contribution in [0.1, 0.15) is 0 Å². The normalized spacial score (nSPS) is 10.8. The van der Waals surface area contributed by atoms with Gasteiger partial charge in [0.15, 0.2) is 5.16 Å². The van der Waals surface area contributed by atoms with Gasteiger partial charge in [-0.1, -0.05) is 42.1 Å². The smallest absolute Gasteiger partial charge is 0.387 e. The molecule has 4 aromatic rings. The molecule has 0 spiro atoms. The summed E-state index contributed by atoms with van der Waals surface area (Å²) in [5.41, 5.74) is 2.18. The average molecular weight is 496 g/mol. The maximum Gasteiger partial charge on any atom is 0.387 e. The quantitative estimate of drug-likeness (QED) is 0.179. The second-order valence-electron chi connectivity index (χ2n) is 7.14. The van der Waals surface area contributed by atoms with Crippen molar-refractivity contribution in [3.63, 3.8) is 0 Å². The lowest BCUT2D eigenvalue weighted by Gasteiger charge is -2.13. The zero-order chi connectivity index (χ0) is 24.8. The van der Waals surface area contributed by atoms with Gasteiger partial charge in [0.2, 0.25) is 5.91 Å². The molecular formula is C24H18F2N4O4S. The minimum atomic E-state index is -2.95. The van der Waals surface area contributed by atoms with E-state index < -0.39 is 11.5 Å². The number of anilines is 1. The van der Waals surface area contributed by atoms with E-state index in [1.165, 1.54) is 24.3 Å². The highest BCUT2D eigenvalue weighted by Crippen LogP contribution is 2.32. The fraction of sp³-hybridized carbons (Fsp3) is 0.0833. The summed E-state index contributed by atoms with van der Waals surface area (Å²) in [6.45, 7) is -2.95. The van der Waals surface area contributed by atoms with Gasteiger partial charge < -0.3 is 10.1 Å². The molecule has 0 radical (unpaired) electrons. The first kappa shape index (κ1) is 23.9. The number of alkyl halides is 2. The van der Waals surface area contributed by atoms with Crippen molar-refractivity contribution in [1.82, 2.24) is 9.55 Å². The van der Waals surface area contributed by atoms with Gasteiger partial charge in [-0.15, -0.1) is 0 Å². The minimum Gasteiger partial charge on any atom is -0.435 e. The summed E-state index contributed by atoms with van der Waals surface area (Å²) in [6.07, 6.45) is 1.54. The molecule has 0 aliphatic rings. The number of rotatable bonds is 9. The number of nitro benzene ring substituents is 1. The molecule has 1 heterocycles. The average Bonchev–Trinajstić information content (AvgIpc) is 3.27. The van der Waals surface area contributed by atoms with Crippen molar-refractivity contribution in [2.45, 2.75) is 11.8 Å². The third-order valence-electron chi connectivity index (χ3n) is 4.79. The molecule has 178 valence electrons. The summed E-state index contributed by atoms with van der Waals surface area (Å²) in [7, 11) is 0. The SMILES string of the molecule is O=C(CSc1ncc(-c2cccc([N+](=O)[O-])c2)n1-c1ccc(OC(F)F)cc1)Nc1ccccc1. The summed E-state index contributed by atoms with van der Waals surface area (Å²) in [5.74, 6) is -0.210. The molecule has 1 N–H and O–H groups in total. The van der Waals surface area contributed by atoms with Gasteiger partial charge in [0, 0.05) is 29.1 Å². The molecule has 0 unspecified atom stereocenters. The third-order valence-corrected chi connectivity index (χ3v) is 5.74. The number of imidazole rings is 1. The van der Waals surface area contributed by atoms with Crippen molar-refractivity contribution < 1.29 is 23.2 Å². The third kappa shape index (κ3) is 6.01. The number of nitrogens with one attached hydrogen (secondary N) is 1. The summed E-state index contributed by atoms with van der Waals surface area (Å²) < 4.78 is 31.2. The highest BCUT2D eigenvalue weighted by molar-refractivity contribution is 7.99. The van der Waals surface area contributed by atoms with Crippen LogP contribution in [0, 0.1) is 10.1 Å². The van der Waals surface area contributed by atoms with Gasteiger partial charge in [-0.05, 0) is 36.4 Å². The largest absolute Gasteiger partial charge is 0.435 e. The first-order chi connectivity index (χ1) is 16.9. The number of nitro groups is 1. The van der Waals surface area contributed by atoms with Crippen LogP contribution in [-0.4, -0.2) is 32.7 Å². The van der Waals surface area contributed by atoms with E-state index in [2.05, 4.69) is 15.0 Å². The molecule has 0 bridgehead atoms. The van der Waals surface area contributed by atoms with Crippen LogP contribution in [0.15, 0.2) is 90.2 Å². The lowest BCUT2D eigenvalue weighted by molar-refractivity contribution is -0.384. The molecular weight excluding hydrogens is 478 g/mol. The Morgan fingerprint density at radius 1 is 1.09 bits per heavy atom. The van der Waals surface area contributed by atoms with Gasteiger partial charge in [0.05, 0.1) is 22.6 Å². The summed E-state index contributed by atoms with van der Waals surface area (Å²) >= 11 is 1.16. The van der Waals surface area contributed by atoms with Crippen LogP contribution in [0.25, 0.3) is 16.9 Å². The molecule has 1 aromatic heterocycles. The summed E-state index contributed by atoms with van der Waals surface area (Å²) in [4.78, 5) is 27.6. The maximum atomic E-state index is 12.5. The number of non-ortho nitro benzene ring substituents is 1. The Bertz CT molecular complexity index is 1330. The van der Waals surface area contributed by atoms with E-state index in [4.69, 9.17) is 0 Å². The number of nitrogens with zero attached hydrogens (tertiary/aromatic N) is 3. The molecule has 0 aliphatic carbocycles. The van der Waals surface area contributed by atoms with Crippen molar-refractivity contribution in [2.75, 3.05) is 11.1 Å². The zero-order valence-electron chi connectivity index (χ0n) is 18.0. The lowest BCUT2D eigenvalue weighted by atomic mass is 10.1. The molecule has 0 aliphatic heterocycles. The molecule has 0 fully saturated rings. The molecule has 1 amide bonds. The number of amides is 1. The highest BCUT2D eigenvalue weighted by atomic mass is 32.2. The van der Waals surface area contributed by atoms with Gasteiger partial charge >= 0.3 is 6.61 Å². The number of carbonyl (C=O) groups excluding carboxylic acids is 1. The number of halogens is 2. The Balaban J connectivity index is 1.65. The van der Waals surface area contributed by atoms with Crippen molar-refractivity contribution in [3.05, 3.63) is 95.2 Å². The van der Waals surface area contributed by atoms with Crippen LogP contribution < -0.4 is 10.1 Å². The number of ether oxygens (including phenoxy) is 1. The predicted molar refractivity (Wildman–Crippen MR) is 128 cm³/mol. The molecule has 35 heavy (non-hydrogen) atoms. The Labute approximate surface area is 202 Å². The minimum absolute atomic E-state index is 0.0165. The van der Waals surface area contributed by atoms with E-state index in [1.807, 2.05) is 18.2 Å². The molecule has 4 rings (SSSR count).